The third kappa shape index (κ3) is 2.21. The molecular formula is C14H16N4O6. The minimum absolute atomic E-state index is 0.0592. The number of aliphatic imine (C=N–C) groups is 1. The number of imide groups is 1. The summed E-state index contributed by atoms with van der Waals surface area (Å²) in [6.07, 6.45) is -0.0101. The summed E-state index contributed by atoms with van der Waals surface area (Å²) in [6.45, 7) is 2.08. The van der Waals surface area contributed by atoms with Gasteiger partial charge in [0.05, 0.1) is 51.2 Å². The molecule has 128 valence electrons. The molecule has 5 amide bonds. The lowest BCUT2D eigenvalue weighted by atomic mass is 9.92. The first-order valence-corrected chi connectivity index (χ1v) is 7.96. The molecule has 0 aromatic rings. The van der Waals surface area contributed by atoms with Crippen molar-refractivity contribution in [3.8, 4) is 0 Å². The molecule has 24 heavy (non-hydrogen) atoms. The van der Waals surface area contributed by atoms with Crippen LogP contribution in [0.3, 0.4) is 0 Å². The number of rotatable bonds is 6. The molecule has 5 aliphatic heterocycles. The number of amides is 5. The molecule has 5 heterocycles. The van der Waals surface area contributed by atoms with Gasteiger partial charge in [-0.3, -0.25) is 14.6 Å². The Morgan fingerprint density at radius 1 is 1.04 bits per heavy atom. The van der Waals surface area contributed by atoms with Crippen LogP contribution in [-0.2, 0) is 19.0 Å². The Balaban J connectivity index is 1.53. The molecule has 10 heteroatoms. The average Bonchev–Trinajstić information content (AvgIpc) is 3.39. The molecule has 0 aliphatic carbocycles. The lowest BCUT2D eigenvalue weighted by Gasteiger charge is -2.46. The van der Waals surface area contributed by atoms with E-state index in [4.69, 9.17) is 14.2 Å². The van der Waals surface area contributed by atoms with Crippen LogP contribution in [0.5, 0.6) is 0 Å². The van der Waals surface area contributed by atoms with E-state index in [1.54, 1.807) is 0 Å². The molecule has 4 atom stereocenters. The summed E-state index contributed by atoms with van der Waals surface area (Å²) in [5, 5.41) is 2.72. The van der Waals surface area contributed by atoms with Crippen LogP contribution in [-0.4, -0.2) is 90.4 Å². The summed E-state index contributed by atoms with van der Waals surface area (Å²) in [4.78, 5) is 44.2. The minimum atomic E-state index is -1.24. The van der Waals surface area contributed by atoms with Crippen LogP contribution < -0.4 is 5.32 Å². The van der Waals surface area contributed by atoms with Crippen LogP contribution in [0, 0.1) is 0 Å². The number of carbonyl (C=O) groups excluding carboxylic acids is 3. The quantitative estimate of drug-likeness (QED) is 0.602. The SMILES string of the molecule is O=C1N=C2C(=O)N(CC3CO3)C(=O)N(CC3CO3)C2(CC2CO2)N1. The van der Waals surface area contributed by atoms with Gasteiger partial charge < -0.3 is 19.5 Å². The normalized spacial score (nSPS) is 39.6. The number of carbonyl (C=O) groups is 3. The predicted octanol–water partition coefficient (Wildman–Crippen LogP) is -1.30. The topological polar surface area (TPSA) is 120 Å². The fraction of sp³-hybridized carbons (Fsp3) is 0.714. The monoisotopic (exact) mass is 336 g/mol. The Hall–Kier alpha value is -2.04. The molecule has 0 bridgehead atoms. The Bertz CT molecular complexity index is 668. The van der Waals surface area contributed by atoms with E-state index >= 15 is 0 Å². The third-order valence-electron chi connectivity index (χ3n) is 4.79. The van der Waals surface area contributed by atoms with Crippen LogP contribution >= 0.6 is 0 Å². The largest absolute Gasteiger partial charge is 0.373 e. The molecule has 1 N–H and O–H groups in total. The van der Waals surface area contributed by atoms with E-state index < -0.39 is 23.6 Å². The van der Waals surface area contributed by atoms with Gasteiger partial charge in [-0.05, 0) is 0 Å². The van der Waals surface area contributed by atoms with Crippen LogP contribution in [0.25, 0.3) is 0 Å². The summed E-state index contributed by atoms with van der Waals surface area (Å²) < 4.78 is 15.7. The fourth-order valence-corrected chi connectivity index (χ4v) is 3.32. The molecule has 4 saturated heterocycles. The maximum absolute atomic E-state index is 13.0. The molecular weight excluding hydrogens is 320 g/mol. The maximum Gasteiger partial charge on any atom is 0.343 e. The van der Waals surface area contributed by atoms with Gasteiger partial charge in [0.2, 0.25) is 0 Å². The molecule has 0 aromatic carbocycles. The van der Waals surface area contributed by atoms with Crippen molar-refractivity contribution in [3.63, 3.8) is 0 Å². The molecule has 4 fully saturated rings. The van der Waals surface area contributed by atoms with Crippen LogP contribution in [0.2, 0.25) is 0 Å². The lowest BCUT2D eigenvalue weighted by Crippen LogP contribution is -2.74. The number of hydrogen-bond donors (Lipinski definition) is 1. The standard InChI is InChI=1S/C14H16N4O6/c19-11-10-14(1-7-4-22-7,16-12(20)15-10)18(3-9-6-24-9)13(21)17(11)2-8-5-23-8/h7-9H,1-6H2,(H,16,20). The smallest absolute Gasteiger partial charge is 0.343 e. The van der Waals surface area contributed by atoms with Crippen molar-refractivity contribution in [3.05, 3.63) is 0 Å². The summed E-state index contributed by atoms with van der Waals surface area (Å²) in [6, 6.07) is -1.06. The zero-order valence-electron chi connectivity index (χ0n) is 12.8. The second kappa shape index (κ2) is 4.74. The summed E-state index contributed by atoms with van der Waals surface area (Å²) in [5.41, 5.74) is -1.18. The van der Waals surface area contributed by atoms with Gasteiger partial charge in [-0.15, -0.1) is 0 Å². The van der Waals surface area contributed by atoms with Gasteiger partial charge in [0.15, 0.2) is 11.4 Å². The van der Waals surface area contributed by atoms with E-state index in [1.165, 1.54) is 4.90 Å². The first-order chi connectivity index (χ1) is 11.6. The van der Waals surface area contributed by atoms with E-state index in [0.717, 1.165) is 4.90 Å². The highest BCUT2D eigenvalue weighted by molar-refractivity contribution is 6.48. The van der Waals surface area contributed by atoms with Gasteiger partial charge in [-0.1, -0.05) is 0 Å². The molecule has 0 radical (unpaired) electrons. The van der Waals surface area contributed by atoms with E-state index in [-0.39, 0.29) is 30.6 Å². The van der Waals surface area contributed by atoms with E-state index in [2.05, 4.69) is 10.3 Å². The van der Waals surface area contributed by atoms with Crippen LogP contribution in [0.1, 0.15) is 6.42 Å². The highest BCUT2D eigenvalue weighted by Crippen LogP contribution is 2.36. The van der Waals surface area contributed by atoms with Gasteiger partial charge in [-0.25, -0.2) is 9.59 Å². The number of ether oxygens (including phenoxy) is 3. The third-order valence-corrected chi connectivity index (χ3v) is 4.79. The minimum Gasteiger partial charge on any atom is -0.373 e. The average molecular weight is 336 g/mol. The van der Waals surface area contributed by atoms with Crippen LogP contribution in [0.4, 0.5) is 9.59 Å². The fourth-order valence-electron chi connectivity index (χ4n) is 3.32. The summed E-state index contributed by atoms with van der Waals surface area (Å²) in [5.74, 6) is -0.539. The van der Waals surface area contributed by atoms with Crippen molar-refractivity contribution in [2.75, 3.05) is 32.9 Å². The lowest BCUT2D eigenvalue weighted by molar-refractivity contribution is -0.124. The molecule has 5 rings (SSSR count). The van der Waals surface area contributed by atoms with Gasteiger partial charge in [0.1, 0.15) is 0 Å². The Morgan fingerprint density at radius 3 is 2.29 bits per heavy atom. The van der Waals surface area contributed by atoms with Gasteiger partial charge in [0.25, 0.3) is 5.91 Å². The van der Waals surface area contributed by atoms with E-state index in [0.29, 0.717) is 32.8 Å². The molecule has 4 unspecified atom stereocenters. The molecule has 0 spiro atoms. The van der Waals surface area contributed by atoms with Crippen molar-refractivity contribution < 1.29 is 28.6 Å². The number of nitrogens with zero attached hydrogens (tertiary/aromatic N) is 3. The zero-order valence-corrected chi connectivity index (χ0v) is 12.8. The summed E-state index contributed by atoms with van der Waals surface area (Å²) >= 11 is 0. The van der Waals surface area contributed by atoms with Gasteiger partial charge in [-0.2, -0.15) is 4.99 Å². The number of fused-ring (bicyclic) bond motifs is 1. The first kappa shape index (κ1) is 14.3. The van der Waals surface area contributed by atoms with Crippen molar-refractivity contribution in [2.45, 2.75) is 30.4 Å². The molecule has 5 aliphatic rings. The highest BCUT2D eigenvalue weighted by atomic mass is 16.6. The van der Waals surface area contributed by atoms with E-state index in [9.17, 15) is 14.4 Å². The van der Waals surface area contributed by atoms with Gasteiger partial charge >= 0.3 is 12.1 Å². The van der Waals surface area contributed by atoms with Crippen LogP contribution in [0.15, 0.2) is 4.99 Å². The number of hydrogen-bond acceptors (Lipinski definition) is 6. The van der Waals surface area contributed by atoms with Gasteiger partial charge in [0, 0.05) is 6.42 Å². The number of urea groups is 2. The van der Waals surface area contributed by atoms with Crippen molar-refractivity contribution in [1.82, 2.24) is 15.1 Å². The summed E-state index contributed by atoms with van der Waals surface area (Å²) in [7, 11) is 0. The number of nitrogens with one attached hydrogen (secondary N) is 1. The first-order valence-electron chi connectivity index (χ1n) is 7.96. The number of epoxide rings is 3. The molecule has 0 aromatic heterocycles. The van der Waals surface area contributed by atoms with E-state index in [1.807, 2.05) is 0 Å². The Labute approximate surface area is 136 Å². The van der Waals surface area contributed by atoms with Crippen molar-refractivity contribution >= 4 is 23.7 Å². The Morgan fingerprint density at radius 2 is 1.67 bits per heavy atom. The van der Waals surface area contributed by atoms with Crippen molar-refractivity contribution in [1.29, 1.82) is 0 Å². The predicted molar refractivity (Wildman–Crippen MR) is 76.3 cm³/mol. The second-order valence-electron chi connectivity index (χ2n) is 6.63. The molecule has 0 saturated carbocycles. The highest BCUT2D eigenvalue weighted by Gasteiger charge is 2.61. The maximum atomic E-state index is 13.0. The molecule has 10 nitrogen and oxygen atoms in total. The second-order valence-corrected chi connectivity index (χ2v) is 6.63. The zero-order chi connectivity index (χ0) is 16.5. The Kier molecular flexibility index (Phi) is 2.83. The van der Waals surface area contributed by atoms with Crippen molar-refractivity contribution in [2.24, 2.45) is 4.99 Å².